The average Bonchev–Trinajstić information content (AvgIpc) is 2.13. The van der Waals surface area contributed by atoms with Crippen LogP contribution in [0.5, 0.6) is 0 Å². The normalized spacial score (nSPS) is 33.7. The third-order valence-electron chi connectivity index (χ3n) is 2.84. The maximum Gasteiger partial charge on any atom is 0.306 e. The highest BCUT2D eigenvalue weighted by molar-refractivity contribution is 5.69. The molecule has 1 aliphatic heterocycles. The van der Waals surface area contributed by atoms with Gasteiger partial charge in [0.15, 0.2) is 5.79 Å². The molecule has 0 radical (unpaired) electrons. The molecule has 0 aliphatic carbocycles. The molecule has 4 heteroatoms. The minimum Gasteiger partial charge on any atom is -0.481 e. The van der Waals surface area contributed by atoms with Gasteiger partial charge in [0.25, 0.3) is 0 Å². The SMILES string of the molecule is CCC(CC1(C)OCCC(C)O1)C(=O)O. The lowest BCUT2D eigenvalue weighted by Gasteiger charge is -2.38. The summed E-state index contributed by atoms with van der Waals surface area (Å²) in [7, 11) is 0. The Morgan fingerprint density at radius 1 is 1.67 bits per heavy atom. The van der Waals surface area contributed by atoms with E-state index < -0.39 is 11.8 Å². The summed E-state index contributed by atoms with van der Waals surface area (Å²) in [4.78, 5) is 10.9. The number of hydrogen-bond acceptors (Lipinski definition) is 3. The Bertz CT molecular complexity index is 229. The Kier molecular flexibility index (Phi) is 4.11. The molecule has 1 saturated heterocycles. The van der Waals surface area contributed by atoms with Gasteiger partial charge in [-0.2, -0.15) is 0 Å². The fourth-order valence-corrected chi connectivity index (χ4v) is 1.92. The van der Waals surface area contributed by atoms with Crippen LogP contribution in [0.2, 0.25) is 0 Å². The summed E-state index contributed by atoms with van der Waals surface area (Å²) in [6, 6.07) is 0. The summed E-state index contributed by atoms with van der Waals surface area (Å²) in [5.41, 5.74) is 0. The average molecular weight is 216 g/mol. The minimum absolute atomic E-state index is 0.148. The van der Waals surface area contributed by atoms with Crippen molar-refractivity contribution in [2.24, 2.45) is 5.92 Å². The molecular formula is C11H20O4. The topological polar surface area (TPSA) is 55.8 Å². The third kappa shape index (κ3) is 3.47. The van der Waals surface area contributed by atoms with Crippen LogP contribution in [-0.2, 0) is 14.3 Å². The lowest BCUT2D eigenvalue weighted by molar-refractivity contribution is -0.287. The van der Waals surface area contributed by atoms with Crippen molar-refractivity contribution in [1.29, 1.82) is 0 Å². The van der Waals surface area contributed by atoms with Gasteiger partial charge < -0.3 is 14.6 Å². The molecule has 0 aromatic heterocycles. The monoisotopic (exact) mass is 216 g/mol. The van der Waals surface area contributed by atoms with Crippen molar-refractivity contribution in [1.82, 2.24) is 0 Å². The van der Waals surface area contributed by atoms with Gasteiger partial charge in [0, 0.05) is 6.42 Å². The van der Waals surface area contributed by atoms with Crippen LogP contribution in [0.15, 0.2) is 0 Å². The van der Waals surface area contributed by atoms with E-state index >= 15 is 0 Å². The van der Waals surface area contributed by atoms with Gasteiger partial charge >= 0.3 is 5.97 Å². The van der Waals surface area contributed by atoms with E-state index in [0.29, 0.717) is 19.4 Å². The first-order valence-electron chi connectivity index (χ1n) is 5.51. The van der Waals surface area contributed by atoms with Gasteiger partial charge in [-0.15, -0.1) is 0 Å². The largest absolute Gasteiger partial charge is 0.481 e. The number of carboxylic acids is 1. The maximum absolute atomic E-state index is 10.9. The van der Waals surface area contributed by atoms with Crippen molar-refractivity contribution < 1.29 is 19.4 Å². The predicted molar refractivity (Wildman–Crippen MR) is 55.6 cm³/mol. The zero-order chi connectivity index (χ0) is 11.5. The van der Waals surface area contributed by atoms with Crippen LogP contribution >= 0.6 is 0 Å². The fourth-order valence-electron chi connectivity index (χ4n) is 1.92. The van der Waals surface area contributed by atoms with E-state index in [0.717, 1.165) is 6.42 Å². The van der Waals surface area contributed by atoms with Crippen molar-refractivity contribution in [3.63, 3.8) is 0 Å². The summed E-state index contributed by atoms with van der Waals surface area (Å²) < 4.78 is 11.2. The van der Waals surface area contributed by atoms with Crippen LogP contribution in [0.25, 0.3) is 0 Å². The van der Waals surface area contributed by atoms with E-state index in [9.17, 15) is 4.79 Å². The van der Waals surface area contributed by atoms with Crippen molar-refractivity contribution >= 4 is 5.97 Å². The summed E-state index contributed by atoms with van der Waals surface area (Å²) in [5.74, 6) is -1.89. The molecule has 1 rings (SSSR count). The molecule has 4 nitrogen and oxygen atoms in total. The Labute approximate surface area is 90.6 Å². The van der Waals surface area contributed by atoms with Crippen LogP contribution < -0.4 is 0 Å². The van der Waals surface area contributed by atoms with E-state index in [1.54, 1.807) is 0 Å². The standard InChI is InChI=1S/C11H20O4/c1-4-9(10(12)13)7-11(3)14-6-5-8(2)15-11/h8-9H,4-7H2,1-3H3,(H,12,13). The summed E-state index contributed by atoms with van der Waals surface area (Å²) >= 11 is 0. The first-order valence-corrected chi connectivity index (χ1v) is 5.51. The predicted octanol–water partition coefficient (Wildman–Crippen LogP) is 2.03. The minimum atomic E-state index is -0.774. The van der Waals surface area contributed by atoms with Crippen LogP contribution in [-0.4, -0.2) is 29.6 Å². The summed E-state index contributed by atoms with van der Waals surface area (Å²) in [5, 5.41) is 8.97. The van der Waals surface area contributed by atoms with E-state index in [4.69, 9.17) is 14.6 Å². The molecule has 0 saturated carbocycles. The number of aliphatic carboxylic acids is 1. The second kappa shape index (κ2) is 4.94. The zero-order valence-corrected chi connectivity index (χ0v) is 9.66. The highest BCUT2D eigenvalue weighted by atomic mass is 16.7. The summed E-state index contributed by atoms with van der Waals surface area (Å²) in [6.45, 7) is 6.33. The molecule has 1 heterocycles. The second-order valence-corrected chi connectivity index (χ2v) is 4.35. The van der Waals surface area contributed by atoms with Crippen molar-refractivity contribution in [3.8, 4) is 0 Å². The van der Waals surface area contributed by atoms with Gasteiger partial charge in [0.05, 0.1) is 18.6 Å². The van der Waals surface area contributed by atoms with Gasteiger partial charge in [-0.3, -0.25) is 4.79 Å². The van der Waals surface area contributed by atoms with Crippen molar-refractivity contribution in [2.45, 2.75) is 51.9 Å². The number of ether oxygens (including phenoxy) is 2. The van der Waals surface area contributed by atoms with Crippen LogP contribution in [0.1, 0.15) is 40.0 Å². The maximum atomic E-state index is 10.9. The first kappa shape index (κ1) is 12.5. The number of carbonyl (C=O) groups is 1. The van der Waals surface area contributed by atoms with Crippen LogP contribution in [0, 0.1) is 5.92 Å². The van der Waals surface area contributed by atoms with Crippen molar-refractivity contribution in [2.75, 3.05) is 6.61 Å². The molecule has 1 N–H and O–H groups in total. The lowest BCUT2D eigenvalue weighted by Crippen LogP contribution is -2.43. The number of hydrogen-bond donors (Lipinski definition) is 1. The van der Waals surface area contributed by atoms with Gasteiger partial charge in [0.2, 0.25) is 0 Å². The van der Waals surface area contributed by atoms with Gasteiger partial charge in [0.1, 0.15) is 0 Å². The molecule has 0 bridgehead atoms. The smallest absolute Gasteiger partial charge is 0.306 e. The molecule has 3 atom stereocenters. The fraction of sp³-hybridized carbons (Fsp3) is 0.909. The lowest BCUT2D eigenvalue weighted by atomic mass is 9.96. The Balaban J connectivity index is 2.57. The molecule has 0 spiro atoms. The Morgan fingerprint density at radius 2 is 2.33 bits per heavy atom. The molecule has 88 valence electrons. The van der Waals surface area contributed by atoms with Crippen molar-refractivity contribution in [3.05, 3.63) is 0 Å². The highest BCUT2D eigenvalue weighted by Gasteiger charge is 2.36. The Morgan fingerprint density at radius 3 is 2.80 bits per heavy atom. The van der Waals surface area contributed by atoms with Gasteiger partial charge in [-0.05, 0) is 26.7 Å². The molecule has 3 unspecified atom stereocenters. The molecule has 0 amide bonds. The number of carboxylic acid groups (broad SMARTS) is 1. The first-order chi connectivity index (χ1) is 6.97. The van der Waals surface area contributed by atoms with E-state index in [1.807, 2.05) is 20.8 Å². The van der Waals surface area contributed by atoms with Gasteiger partial charge in [-0.1, -0.05) is 6.92 Å². The molecule has 0 aromatic rings. The van der Waals surface area contributed by atoms with E-state index in [2.05, 4.69) is 0 Å². The number of rotatable bonds is 4. The Hall–Kier alpha value is -0.610. The molecule has 0 aromatic carbocycles. The quantitative estimate of drug-likeness (QED) is 0.781. The molecule has 1 aliphatic rings. The van der Waals surface area contributed by atoms with Crippen LogP contribution in [0.3, 0.4) is 0 Å². The summed E-state index contributed by atoms with van der Waals surface area (Å²) in [6.07, 6.45) is 2.05. The molecule has 1 fully saturated rings. The van der Waals surface area contributed by atoms with Crippen LogP contribution in [0.4, 0.5) is 0 Å². The van der Waals surface area contributed by atoms with E-state index in [1.165, 1.54) is 0 Å². The second-order valence-electron chi connectivity index (χ2n) is 4.35. The third-order valence-corrected chi connectivity index (χ3v) is 2.84. The zero-order valence-electron chi connectivity index (χ0n) is 9.66. The van der Waals surface area contributed by atoms with E-state index in [-0.39, 0.29) is 12.0 Å². The van der Waals surface area contributed by atoms with Gasteiger partial charge in [-0.25, -0.2) is 0 Å². The molecular weight excluding hydrogens is 196 g/mol. The molecule has 15 heavy (non-hydrogen) atoms. The highest BCUT2D eigenvalue weighted by Crippen LogP contribution is 2.30.